The maximum absolute atomic E-state index is 12.0. The Kier molecular flexibility index (Phi) is 3.89. The van der Waals surface area contributed by atoms with Gasteiger partial charge in [-0.15, -0.1) is 0 Å². The van der Waals surface area contributed by atoms with Crippen LogP contribution < -0.4 is 0 Å². The first-order valence-electron chi connectivity index (χ1n) is 6.09. The molecule has 0 spiro atoms. The van der Waals surface area contributed by atoms with Gasteiger partial charge in [0.05, 0.1) is 10.1 Å². The van der Waals surface area contributed by atoms with Crippen LogP contribution in [0.15, 0.2) is 63.4 Å². The number of benzene rings is 2. The summed E-state index contributed by atoms with van der Waals surface area (Å²) in [6, 6.07) is 12.6. The Morgan fingerprint density at radius 1 is 0.905 bits per heavy atom. The van der Waals surface area contributed by atoms with Crippen molar-refractivity contribution < 1.29 is 9.59 Å². The monoisotopic (exact) mass is 334 g/mol. The standard InChI is InChI=1S/C16H8Cl2O2S/c17-12-3-1-2-4-15(12)21-9-5-6-10-11(7-9)14(19)8-13(18)16(10)20/h1-8H. The number of hydrogen-bond donors (Lipinski definition) is 0. The van der Waals surface area contributed by atoms with Crippen molar-refractivity contribution >= 4 is 46.5 Å². The average Bonchev–Trinajstić information content (AvgIpc) is 2.47. The van der Waals surface area contributed by atoms with Crippen LogP contribution in [0.25, 0.3) is 0 Å². The number of fused-ring (bicyclic) bond motifs is 1. The van der Waals surface area contributed by atoms with Crippen molar-refractivity contribution in [3.8, 4) is 0 Å². The molecule has 0 heterocycles. The second-order valence-electron chi connectivity index (χ2n) is 4.43. The van der Waals surface area contributed by atoms with E-state index in [1.54, 1.807) is 24.3 Å². The van der Waals surface area contributed by atoms with Gasteiger partial charge in [0.2, 0.25) is 5.78 Å². The van der Waals surface area contributed by atoms with E-state index in [1.807, 2.05) is 18.2 Å². The van der Waals surface area contributed by atoms with Gasteiger partial charge in [0.25, 0.3) is 0 Å². The topological polar surface area (TPSA) is 34.1 Å². The van der Waals surface area contributed by atoms with Crippen molar-refractivity contribution in [1.29, 1.82) is 0 Å². The highest BCUT2D eigenvalue weighted by atomic mass is 35.5. The molecule has 0 saturated heterocycles. The summed E-state index contributed by atoms with van der Waals surface area (Å²) in [5.41, 5.74) is 0.720. The van der Waals surface area contributed by atoms with Crippen LogP contribution in [0.5, 0.6) is 0 Å². The number of carbonyl (C=O) groups is 2. The summed E-state index contributed by atoms with van der Waals surface area (Å²) in [6.07, 6.45) is 1.16. The van der Waals surface area contributed by atoms with Gasteiger partial charge >= 0.3 is 0 Å². The maximum atomic E-state index is 12.0. The Balaban J connectivity index is 1.99. The molecule has 5 heteroatoms. The van der Waals surface area contributed by atoms with E-state index >= 15 is 0 Å². The number of rotatable bonds is 2. The van der Waals surface area contributed by atoms with Gasteiger partial charge in [-0.2, -0.15) is 0 Å². The molecule has 2 aromatic carbocycles. The molecule has 21 heavy (non-hydrogen) atoms. The van der Waals surface area contributed by atoms with Crippen LogP contribution in [0.3, 0.4) is 0 Å². The van der Waals surface area contributed by atoms with E-state index in [-0.39, 0.29) is 16.6 Å². The molecule has 0 aromatic heterocycles. The molecule has 0 amide bonds. The highest BCUT2D eigenvalue weighted by Crippen LogP contribution is 2.35. The number of Topliss-reactive ketones (excluding diaryl/α,β-unsaturated/α-hetero) is 1. The van der Waals surface area contributed by atoms with Crippen molar-refractivity contribution in [3.63, 3.8) is 0 Å². The minimum Gasteiger partial charge on any atom is -0.289 e. The second-order valence-corrected chi connectivity index (χ2v) is 6.36. The predicted molar refractivity (Wildman–Crippen MR) is 84.6 cm³/mol. The van der Waals surface area contributed by atoms with Crippen molar-refractivity contribution in [2.75, 3.05) is 0 Å². The second kappa shape index (κ2) is 5.68. The normalized spacial score (nSPS) is 13.9. The van der Waals surface area contributed by atoms with Gasteiger partial charge in [0.15, 0.2) is 5.78 Å². The minimum atomic E-state index is -0.319. The molecular formula is C16H8Cl2O2S. The lowest BCUT2D eigenvalue weighted by Gasteiger charge is -2.13. The van der Waals surface area contributed by atoms with Gasteiger partial charge in [0.1, 0.15) is 0 Å². The first-order chi connectivity index (χ1) is 10.1. The molecular weight excluding hydrogens is 327 g/mol. The van der Waals surface area contributed by atoms with Crippen molar-refractivity contribution in [2.24, 2.45) is 0 Å². The van der Waals surface area contributed by atoms with E-state index < -0.39 is 0 Å². The van der Waals surface area contributed by atoms with Crippen molar-refractivity contribution in [2.45, 2.75) is 9.79 Å². The Hall–Kier alpha value is -1.55. The quantitative estimate of drug-likeness (QED) is 0.775. The van der Waals surface area contributed by atoms with Crippen LogP contribution in [0, 0.1) is 0 Å². The van der Waals surface area contributed by atoms with Crippen LogP contribution in [0.2, 0.25) is 5.02 Å². The molecule has 1 aliphatic carbocycles. The molecule has 104 valence electrons. The van der Waals surface area contributed by atoms with Gasteiger partial charge in [-0.05, 0) is 30.3 Å². The molecule has 0 saturated carbocycles. The summed E-state index contributed by atoms with van der Waals surface area (Å²) in [4.78, 5) is 25.6. The summed E-state index contributed by atoms with van der Waals surface area (Å²) in [5.74, 6) is -0.572. The van der Waals surface area contributed by atoms with Crippen LogP contribution in [-0.4, -0.2) is 11.6 Å². The molecule has 0 bridgehead atoms. The average molecular weight is 335 g/mol. The highest BCUT2D eigenvalue weighted by molar-refractivity contribution is 7.99. The van der Waals surface area contributed by atoms with Crippen molar-refractivity contribution in [1.82, 2.24) is 0 Å². The number of hydrogen-bond acceptors (Lipinski definition) is 3. The molecule has 0 radical (unpaired) electrons. The fourth-order valence-electron chi connectivity index (χ4n) is 2.03. The van der Waals surface area contributed by atoms with Gasteiger partial charge in [-0.25, -0.2) is 0 Å². The summed E-state index contributed by atoms with van der Waals surface area (Å²) >= 11 is 13.3. The third kappa shape index (κ3) is 2.77. The zero-order valence-corrected chi connectivity index (χ0v) is 12.9. The molecule has 3 rings (SSSR count). The van der Waals surface area contributed by atoms with Gasteiger partial charge in [-0.1, -0.05) is 47.1 Å². The summed E-state index contributed by atoms with van der Waals surface area (Å²) in [7, 11) is 0. The Morgan fingerprint density at radius 3 is 2.43 bits per heavy atom. The lowest BCUT2D eigenvalue weighted by molar-refractivity contribution is 0.0990. The van der Waals surface area contributed by atoms with Crippen LogP contribution in [0.4, 0.5) is 0 Å². The highest BCUT2D eigenvalue weighted by Gasteiger charge is 2.24. The lowest BCUT2D eigenvalue weighted by Crippen LogP contribution is -2.14. The van der Waals surface area contributed by atoms with Gasteiger partial charge < -0.3 is 0 Å². The summed E-state index contributed by atoms with van der Waals surface area (Å²) in [6.45, 7) is 0. The third-order valence-electron chi connectivity index (χ3n) is 3.04. The molecule has 0 unspecified atom stereocenters. The Bertz CT molecular complexity index is 797. The first kappa shape index (κ1) is 14.4. The fourth-order valence-corrected chi connectivity index (χ4v) is 3.36. The Morgan fingerprint density at radius 2 is 1.67 bits per heavy atom. The van der Waals surface area contributed by atoms with E-state index in [0.717, 1.165) is 15.9 Å². The lowest BCUT2D eigenvalue weighted by atomic mass is 9.95. The zero-order chi connectivity index (χ0) is 15.0. The third-order valence-corrected chi connectivity index (χ3v) is 4.83. The van der Waals surface area contributed by atoms with E-state index in [1.165, 1.54) is 11.8 Å². The van der Waals surface area contributed by atoms with Crippen LogP contribution >= 0.6 is 35.0 Å². The molecule has 0 atom stereocenters. The maximum Gasteiger partial charge on any atom is 0.205 e. The number of allylic oxidation sites excluding steroid dienone is 2. The fraction of sp³-hybridized carbons (Fsp3) is 0. The number of halogens is 2. The van der Waals surface area contributed by atoms with E-state index in [0.29, 0.717) is 16.1 Å². The van der Waals surface area contributed by atoms with Crippen LogP contribution in [-0.2, 0) is 0 Å². The molecule has 0 aliphatic heterocycles. The molecule has 1 aliphatic rings. The smallest absolute Gasteiger partial charge is 0.205 e. The SMILES string of the molecule is O=C1C=C(Cl)C(=O)c2ccc(Sc3ccccc3Cl)cc21. The molecule has 2 aromatic rings. The van der Waals surface area contributed by atoms with Gasteiger partial charge in [-0.3, -0.25) is 9.59 Å². The number of carbonyl (C=O) groups excluding carboxylic acids is 2. The van der Waals surface area contributed by atoms with E-state index in [4.69, 9.17) is 23.2 Å². The summed E-state index contributed by atoms with van der Waals surface area (Å²) < 4.78 is 0. The largest absolute Gasteiger partial charge is 0.289 e. The first-order valence-corrected chi connectivity index (χ1v) is 7.66. The van der Waals surface area contributed by atoms with Crippen molar-refractivity contribution in [3.05, 3.63) is 69.7 Å². The van der Waals surface area contributed by atoms with Gasteiger partial charge in [0, 0.05) is 27.0 Å². The molecule has 0 N–H and O–H groups in total. The van der Waals surface area contributed by atoms with Crippen LogP contribution in [0.1, 0.15) is 20.7 Å². The number of ketones is 2. The van der Waals surface area contributed by atoms with E-state index in [9.17, 15) is 9.59 Å². The zero-order valence-electron chi connectivity index (χ0n) is 10.6. The van der Waals surface area contributed by atoms with E-state index in [2.05, 4.69) is 0 Å². The predicted octanol–water partition coefficient (Wildman–Crippen LogP) is 4.99. The molecule has 2 nitrogen and oxygen atoms in total. The minimum absolute atomic E-state index is 0.0426. The molecule has 0 fully saturated rings. The summed E-state index contributed by atoms with van der Waals surface area (Å²) in [5, 5.41) is 0.601. The Labute approximate surface area is 135 Å².